The molecule has 0 aliphatic rings. The molecule has 0 heterocycles. The van der Waals surface area contributed by atoms with Crippen molar-refractivity contribution < 1.29 is 9.59 Å². The minimum atomic E-state index is 0.0702. The molecule has 0 fully saturated rings. The molecule has 2 nitrogen and oxygen atoms in total. The highest BCUT2D eigenvalue weighted by Gasteiger charge is 2.11. The first-order valence-electron chi connectivity index (χ1n) is 6.68. The van der Waals surface area contributed by atoms with Crippen LogP contribution in [-0.4, -0.2) is 12.1 Å². The van der Waals surface area contributed by atoms with Crippen molar-refractivity contribution in [3.05, 3.63) is 0 Å². The first kappa shape index (κ1) is 15.3. The normalized spacial score (nSPS) is 12.4. The lowest BCUT2D eigenvalue weighted by Crippen LogP contribution is -2.10. The first-order chi connectivity index (χ1) is 7.72. The number of hydrogen-bond donors (Lipinski definition) is 0. The molecule has 0 saturated carbocycles. The van der Waals surface area contributed by atoms with E-state index in [9.17, 15) is 9.59 Å². The van der Waals surface area contributed by atoms with Gasteiger partial charge in [-0.2, -0.15) is 0 Å². The van der Waals surface area contributed by atoms with Crippen LogP contribution in [0.1, 0.15) is 71.6 Å². The molecule has 1 unspecified atom stereocenters. The summed E-state index contributed by atoms with van der Waals surface area (Å²) in [7, 11) is 0. The largest absolute Gasteiger partial charge is 0.303 e. The van der Waals surface area contributed by atoms with E-state index in [0.717, 1.165) is 12.8 Å². The Kier molecular flexibility index (Phi) is 10.4. The fourth-order valence-electron chi connectivity index (χ4n) is 1.85. The zero-order chi connectivity index (χ0) is 12.2. The van der Waals surface area contributed by atoms with Gasteiger partial charge in [-0.1, -0.05) is 58.8 Å². The molecule has 0 aliphatic carbocycles. The molecule has 0 amide bonds. The van der Waals surface area contributed by atoms with Crippen LogP contribution >= 0.6 is 0 Å². The predicted octanol–water partition coefficient (Wildman–Crippen LogP) is 3.92. The molecule has 0 rings (SSSR count). The smallest absolute Gasteiger partial charge is 0.142 e. The molecule has 2 heteroatoms. The molecular formula is C14H26O2. The maximum Gasteiger partial charge on any atom is 0.142 e. The van der Waals surface area contributed by atoms with Gasteiger partial charge in [0.2, 0.25) is 0 Å². The van der Waals surface area contributed by atoms with Gasteiger partial charge >= 0.3 is 0 Å². The molecular weight excluding hydrogens is 200 g/mol. The molecule has 0 aromatic carbocycles. The third kappa shape index (κ3) is 8.63. The summed E-state index contributed by atoms with van der Waals surface area (Å²) in [4.78, 5) is 21.5. The zero-order valence-electron chi connectivity index (χ0n) is 10.8. The van der Waals surface area contributed by atoms with Gasteiger partial charge in [0, 0.05) is 5.92 Å². The molecule has 0 spiro atoms. The van der Waals surface area contributed by atoms with Crippen LogP contribution in [0.4, 0.5) is 0 Å². The maximum absolute atomic E-state index is 11.3. The van der Waals surface area contributed by atoms with Crippen molar-refractivity contribution in [3.63, 3.8) is 0 Å². The lowest BCUT2D eigenvalue weighted by Gasteiger charge is -2.07. The van der Waals surface area contributed by atoms with Crippen LogP contribution in [0.5, 0.6) is 0 Å². The minimum Gasteiger partial charge on any atom is -0.303 e. The van der Waals surface area contributed by atoms with Crippen molar-refractivity contribution in [3.8, 4) is 0 Å². The highest BCUT2D eigenvalue weighted by atomic mass is 16.1. The van der Waals surface area contributed by atoms with Gasteiger partial charge in [-0.15, -0.1) is 0 Å². The average Bonchev–Trinajstić information content (AvgIpc) is 2.28. The van der Waals surface area contributed by atoms with E-state index in [4.69, 9.17) is 0 Å². The van der Waals surface area contributed by atoms with Crippen molar-refractivity contribution in [2.45, 2.75) is 71.6 Å². The van der Waals surface area contributed by atoms with Crippen LogP contribution in [0.25, 0.3) is 0 Å². The third-order valence-corrected chi connectivity index (χ3v) is 3.07. The topological polar surface area (TPSA) is 34.1 Å². The molecule has 94 valence electrons. The molecule has 0 bridgehead atoms. The van der Waals surface area contributed by atoms with Gasteiger partial charge in [0.1, 0.15) is 12.1 Å². The number of unbranched alkanes of at least 4 members (excludes halogenated alkanes) is 6. The number of ketones is 1. The Morgan fingerprint density at radius 2 is 1.62 bits per heavy atom. The SMILES string of the molecule is CCCCCCCCCC(C)C(=O)CC=O. The van der Waals surface area contributed by atoms with Gasteiger partial charge in [-0.05, 0) is 6.42 Å². The number of hydrogen-bond acceptors (Lipinski definition) is 2. The molecule has 16 heavy (non-hydrogen) atoms. The number of Topliss-reactive ketones (excluding diaryl/α,β-unsaturated/α-hetero) is 1. The fourth-order valence-corrected chi connectivity index (χ4v) is 1.85. The number of aldehydes is 1. The fraction of sp³-hybridized carbons (Fsp3) is 0.857. The van der Waals surface area contributed by atoms with Crippen molar-refractivity contribution in [2.24, 2.45) is 5.92 Å². The molecule has 0 saturated heterocycles. The van der Waals surface area contributed by atoms with Crippen LogP contribution in [0.2, 0.25) is 0 Å². The summed E-state index contributed by atoms with van der Waals surface area (Å²) in [6, 6.07) is 0. The highest BCUT2D eigenvalue weighted by molar-refractivity contribution is 5.91. The second-order valence-electron chi connectivity index (χ2n) is 4.65. The van der Waals surface area contributed by atoms with Gasteiger partial charge in [0.05, 0.1) is 6.42 Å². The van der Waals surface area contributed by atoms with Gasteiger partial charge in [0.15, 0.2) is 0 Å². The molecule has 0 radical (unpaired) electrons. The Labute approximate surface area is 99.8 Å². The van der Waals surface area contributed by atoms with Crippen LogP contribution in [0.3, 0.4) is 0 Å². The van der Waals surface area contributed by atoms with Gasteiger partial charge < -0.3 is 4.79 Å². The Bertz CT molecular complexity index is 187. The lowest BCUT2D eigenvalue weighted by molar-refractivity contribution is -0.125. The zero-order valence-corrected chi connectivity index (χ0v) is 10.8. The Hall–Kier alpha value is -0.660. The standard InChI is InChI=1S/C14H26O2/c1-3-4-5-6-7-8-9-10-13(2)14(16)11-12-15/h12-13H,3-11H2,1-2H3. The molecule has 0 aromatic rings. The number of carbonyl (C=O) groups excluding carboxylic acids is 2. The van der Waals surface area contributed by atoms with Crippen molar-refractivity contribution >= 4 is 12.1 Å². The second kappa shape index (κ2) is 10.8. The Morgan fingerprint density at radius 3 is 2.19 bits per heavy atom. The highest BCUT2D eigenvalue weighted by Crippen LogP contribution is 2.13. The monoisotopic (exact) mass is 226 g/mol. The lowest BCUT2D eigenvalue weighted by atomic mass is 9.96. The average molecular weight is 226 g/mol. The summed E-state index contributed by atoms with van der Waals surface area (Å²) >= 11 is 0. The van der Waals surface area contributed by atoms with Crippen molar-refractivity contribution in [2.75, 3.05) is 0 Å². The summed E-state index contributed by atoms with van der Waals surface area (Å²) < 4.78 is 0. The predicted molar refractivity (Wildman–Crippen MR) is 67.5 cm³/mol. The summed E-state index contributed by atoms with van der Waals surface area (Å²) in [6.45, 7) is 4.16. The van der Waals surface area contributed by atoms with E-state index in [1.807, 2.05) is 6.92 Å². The van der Waals surface area contributed by atoms with E-state index >= 15 is 0 Å². The molecule has 0 aliphatic heterocycles. The van der Waals surface area contributed by atoms with Crippen molar-refractivity contribution in [1.82, 2.24) is 0 Å². The minimum absolute atomic E-state index is 0.0702. The van der Waals surface area contributed by atoms with Crippen LogP contribution in [0, 0.1) is 5.92 Å². The number of rotatable bonds is 11. The third-order valence-electron chi connectivity index (χ3n) is 3.07. The molecule has 0 aromatic heterocycles. The maximum atomic E-state index is 11.3. The first-order valence-corrected chi connectivity index (χ1v) is 6.68. The molecule has 1 atom stereocenters. The molecule has 0 N–H and O–H groups in total. The summed E-state index contributed by atoms with van der Waals surface area (Å²) in [5.74, 6) is 0.168. The van der Waals surface area contributed by atoms with E-state index in [2.05, 4.69) is 6.92 Å². The van der Waals surface area contributed by atoms with E-state index in [1.54, 1.807) is 0 Å². The van der Waals surface area contributed by atoms with E-state index < -0.39 is 0 Å². The summed E-state index contributed by atoms with van der Waals surface area (Å²) in [6.07, 6.45) is 10.7. The van der Waals surface area contributed by atoms with Gasteiger partial charge in [-0.25, -0.2) is 0 Å². The number of carbonyl (C=O) groups is 2. The Morgan fingerprint density at radius 1 is 1.06 bits per heavy atom. The van der Waals surface area contributed by atoms with Gasteiger partial charge in [0.25, 0.3) is 0 Å². The second-order valence-corrected chi connectivity index (χ2v) is 4.65. The van der Waals surface area contributed by atoms with Gasteiger partial charge in [-0.3, -0.25) is 4.79 Å². The van der Waals surface area contributed by atoms with E-state index in [-0.39, 0.29) is 18.1 Å². The van der Waals surface area contributed by atoms with E-state index in [1.165, 1.54) is 38.5 Å². The quantitative estimate of drug-likeness (QED) is 0.304. The van der Waals surface area contributed by atoms with Crippen molar-refractivity contribution in [1.29, 1.82) is 0 Å². The van der Waals surface area contributed by atoms with Crippen LogP contribution < -0.4 is 0 Å². The summed E-state index contributed by atoms with van der Waals surface area (Å²) in [5.41, 5.74) is 0. The van der Waals surface area contributed by atoms with Crippen LogP contribution in [-0.2, 0) is 9.59 Å². The van der Waals surface area contributed by atoms with E-state index in [0.29, 0.717) is 6.29 Å². The Balaban J connectivity index is 3.30. The van der Waals surface area contributed by atoms with Crippen LogP contribution in [0.15, 0.2) is 0 Å². The summed E-state index contributed by atoms with van der Waals surface area (Å²) in [5, 5.41) is 0.